The Morgan fingerprint density at radius 1 is 0.800 bits per heavy atom. The largest absolute Gasteiger partial charge is 0.491 e. The molecule has 0 aliphatic rings. The van der Waals surface area contributed by atoms with Crippen LogP contribution in [0.2, 0.25) is 0 Å². The highest BCUT2D eigenvalue weighted by Gasteiger charge is 2.23. The smallest absolute Gasteiger partial charge is 0.347 e. The van der Waals surface area contributed by atoms with E-state index in [9.17, 15) is 4.79 Å². The molecule has 0 heterocycles. The van der Waals surface area contributed by atoms with Crippen molar-refractivity contribution in [1.29, 1.82) is 0 Å². The van der Waals surface area contributed by atoms with Crippen molar-refractivity contribution >= 4 is 5.97 Å². The summed E-state index contributed by atoms with van der Waals surface area (Å²) in [5.41, 5.74) is 3.36. The van der Waals surface area contributed by atoms with Gasteiger partial charge in [-0.1, -0.05) is 75.4 Å². The molecule has 3 aromatic carbocycles. The van der Waals surface area contributed by atoms with Crippen LogP contribution >= 0.6 is 0 Å². The zero-order valence-electron chi connectivity index (χ0n) is 21.2. The van der Waals surface area contributed by atoms with Gasteiger partial charge in [0.25, 0.3) is 0 Å². The highest BCUT2D eigenvalue weighted by Crippen LogP contribution is 2.25. The van der Waals surface area contributed by atoms with E-state index in [0.717, 1.165) is 16.9 Å². The summed E-state index contributed by atoms with van der Waals surface area (Å²) in [5.74, 6) is 1.03. The van der Waals surface area contributed by atoms with Crippen molar-refractivity contribution in [2.75, 3.05) is 19.8 Å². The van der Waals surface area contributed by atoms with Gasteiger partial charge in [0.15, 0.2) is 6.10 Å². The molecule has 5 heteroatoms. The summed E-state index contributed by atoms with van der Waals surface area (Å²) in [6, 6.07) is 25.6. The Hall–Kier alpha value is -3.31. The number of esters is 1. The van der Waals surface area contributed by atoms with Crippen LogP contribution in [0.5, 0.6) is 11.5 Å². The fourth-order valence-corrected chi connectivity index (χ4v) is 3.52. The average Bonchev–Trinajstić information content (AvgIpc) is 2.85. The maximum absolute atomic E-state index is 12.6. The summed E-state index contributed by atoms with van der Waals surface area (Å²) in [5, 5.41) is 0. The summed E-state index contributed by atoms with van der Waals surface area (Å²) in [4.78, 5) is 12.6. The summed E-state index contributed by atoms with van der Waals surface area (Å²) in [6.07, 6.45) is -0.325. The Kier molecular flexibility index (Phi) is 9.74. The normalized spacial score (nSPS) is 12.1. The highest BCUT2D eigenvalue weighted by atomic mass is 16.6. The molecule has 0 saturated carbocycles. The lowest BCUT2D eigenvalue weighted by Gasteiger charge is -2.21. The lowest BCUT2D eigenvalue weighted by atomic mass is 9.87. The number of rotatable bonds is 12. The Bertz CT molecular complexity index is 1020. The molecule has 5 nitrogen and oxygen atoms in total. The molecule has 1 unspecified atom stereocenters. The van der Waals surface area contributed by atoms with Crippen LogP contribution < -0.4 is 9.47 Å². The van der Waals surface area contributed by atoms with Gasteiger partial charge in [0.05, 0.1) is 19.8 Å². The fourth-order valence-electron chi connectivity index (χ4n) is 3.52. The molecule has 0 N–H and O–H groups in total. The molecule has 0 amide bonds. The quantitative estimate of drug-likeness (QED) is 0.232. The number of hydrogen-bond donors (Lipinski definition) is 0. The van der Waals surface area contributed by atoms with Crippen molar-refractivity contribution < 1.29 is 23.7 Å². The molecule has 3 rings (SSSR count). The van der Waals surface area contributed by atoms with E-state index in [1.54, 1.807) is 6.92 Å². The lowest BCUT2D eigenvalue weighted by molar-refractivity contribution is -0.151. The van der Waals surface area contributed by atoms with E-state index in [0.29, 0.717) is 38.6 Å². The Morgan fingerprint density at radius 3 is 2.09 bits per heavy atom. The van der Waals surface area contributed by atoms with Gasteiger partial charge in [0.2, 0.25) is 0 Å². The van der Waals surface area contributed by atoms with Crippen molar-refractivity contribution in [2.24, 2.45) is 0 Å². The molecular weight excluding hydrogens is 440 g/mol. The second-order valence-electron chi connectivity index (χ2n) is 9.37. The van der Waals surface area contributed by atoms with Gasteiger partial charge in [0.1, 0.15) is 18.1 Å². The summed E-state index contributed by atoms with van der Waals surface area (Å²) in [6.45, 7) is 10.1. The molecule has 3 aromatic rings. The zero-order chi connectivity index (χ0) is 25.1. The van der Waals surface area contributed by atoms with Gasteiger partial charge in [-0.05, 0) is 53.3 Å². The maximum Gasteiger partial charge on any atom is 0.347 e. The van der Waals surface area contributed by atoms with E-state index >= 15 is 0 Å². The first kappa shape index (κ1) is 26.3. The van der Waals surface area contributed by atoms with Gasteiger partial charge in [0, 0.05) is 6.42 Å². The minimum Gasteiger partial charge on any atom is -0.491 e. The summed E-state index contributed by atoms with van der Waals surface area (Å²) < 4.78 is 22.7. The van der Waals surface area contributed by atoms with Crippen molar-refractivity contribution in [3.8, 4) is 11.5 Å². The van der Waals surface area contributed by atoms with Crippen LogP contribution in [0.3, 0.4) is 0 Å². The molecule has 0 aromatic heterocycles. The van der Waals surface area contributed by atoms with Gasteiger partial charge in [-0.25, -0.2) is 4.79 Å². The molecule has 1 atom stereocenters. The maximum atomic E-state index is 12.6. The Morgan fingerprint density at radius 2 is 1.46 bits per heavy atom. The minimum absolute atomic E-state index is 0.0525. The van der Waals surface area contributed by atoms with E-state index in [1.165, 1.54) is 5.56 Å². The first-order chi connectivity index (χ1) is 16.8. The van der Waals surface area contributed by atoms with Crippen LogP contribution in [0.25, 0.3) is 0 Å². The Labute approximate surface area is 209 Å². The number of carbonyl (C=O) groups is 1. The van der Waals surface area contributed by atoms with Crippen molar-refractivity contribution in [2.45, 2.75) is 52.2 Å². The molecule has 0 bridgehead atoms. The van der Waals surface area contributed by atoms with Crippen molar-refractivity contribution in [1.82, 2.24) is 0 Å². The van der Waals surface area contributed by atoms with E-state index in [1.807, 2.05) is 78.9 Å². The molecule has 35 heavy (non-hydrogen) atoms. The zero-order valence-corrected chi connectivity index (χ0v) is 21.2. The number of hydrogen-bond acceptors (Lipinski definition) is 5. The van der Waals surface area contributed by atoms with Gasteiger partial charge < -0.3 is 18.9 Å². The van der Waals surface area contributed by atoms with E-state index in [-0.39, 0.29) is 11.4 Å². The van der Waals surface area contributed by atoms with Crippen LogP contribution in [0.1, 0.15) is 44.4 Å². The molecule has 0 aliphatic carbocycles. The van der Waals surface area contributed by atoms with E-state index in [4.69, 9.17) is 18.9 Å². The molecule has 0 saturated heterocycles. The number of carbonyl (C=O) groups excluding carboxylic acids is 1. The number of ether oxygens (including phenoxy) is 4. The van der Waals surface area contributed by atoms with Gasteiger partial charge in [-0.15, -0.1) is 0 Å². The summed E-state index contributed by atoms with van der Waals surface area (Å²) >= 11 is 0. The van der Waals surface area contributed by atoms with Crippen LogP contribution in [0.4, 0.5) is 0 Å². The minimum atomic E-state index is -0.728. The van der Waals surface area contributed by atoms with Gasteiger partial charge in [-0.3, -0.25) is 0 Å². The molecule has 0 aliphatic heterocycles. The third-order valence-electron chi connectivity index (χ3n) is 5.50. The molecule has 0 radical (unpaired) electrons. The molecular formula is C30H36O5. The second kappa shape index (κ2) is 13.0. The highest BCUT2D eigenvalue weighted by molar-refractivity contribution is 5.75. The van der Waals surface area contributed by atoms with Gasteiger partial charge in [-0.2, -0.15) is 0 Å². The third-order valence-corrected chi connectivity index (χ3v) is 5.50. The van der Waals surface area contributed by atoms with Crippen LogP contribution in [-0.2, 0) is 32.7 Å². The molecule has 186 valence electrons. The first-order valence-corrected chi connectivity index (χ1v) is 12.1. The third kappa shape index (κ3) is 8.76. The van der Waals surface area contributed by atoms with Crippen molar-refractivity contribution in [3.63, 3.8) is 0 Å². The standard InChI is InChI=1S/C30H36O5/c1-5-33-29(31)28(35-27-17-13-25(14-18-27)30(2,3)4)21-23-11-15-26(16-12-23)34-20-19-32-22-24-9-7-6-8-10-24/h6-18,28H,5,19-22H2,1-4H3. The first-order valence-electron chi connectivity index (χ1n) is 12.1. The second-order valence-corrected chi connectivity index (χ2v) is 9.37. The van der Waals surface area contributed by atoms with Crippen LogP contribution in [0, 0.1) is 0 Å². The van der Waals surface area contributed by atoms with E-state index < -0.39 is 6.10 Å². The average molecular weight is 477 g/mol. The predicted octanol–water partition coefficient (Wildman–Crippen LogP) is 6.13. The molecule has 0 spiro atoms. The predicted molar refractivity (Wildman–Crippen MR) is 138 cm³/mol. The topological polar surface area (TPSA) is 54.0 Å². The van der Waals surface area contributed by atoms with Crippen LogP contribution in [-0.4, -0.2) is 31.9 Å². The van der Waals surface area contributed by atoms with Crippen molar-refractivity contribution in [3.05, 3.63) is 95.6 Å². The Balaban J connectivity index is 1.52. The van der Waals surface area contributed by atoms with E-state index in [2.05, 4.69) is 20.8 Å². The summed E-state index contributed by atoms with van der Waals surface area (Å²) in [7, 11) is 0. The lowest BCUT2D eigenvalue weighted by Crippen LogP contribution is -2.31. The monoisotopic (exact) mass is 476 g/mol. The fraction of sp³-hybridized carbons (Fsp3) is 0.367. The van der Waals surface area contributed by atoms with Gasteiger partial charge >= 0.3 is 5.97 Å². The molecule has 0 fully saturated rings. The van der Waals surface area contributed by atoms with Crippen LogP contribution in [0.15, 0.2) is 78.9 Å². The number of benzene rings is 3. The SMILES string of the molecule is CCOC(=O)C(Cc1ccc(OCCOCc2ccccc2)cc1)Oc1ccc(C(C)(C)C)cc1.